The second-order valence-electron chi connectivity index (χ2n) is 8.48. The van der Waals surface area contributed by atoms with E-state index in [-0.39, 0.29) is 23.1 Å². The molecule has 1 heterocycles. The van der Waals surface area contributed by atoms with Crippen LogP contribution in [0.3, 0.4) is 0 Å². The van der Waals surface area contributed by atoms with Gasteiger partial charge >= 0.3 is 0 Å². The maximum Gasteiger partial charge on any atom is 0.262 e. The highest BCUT2D eigenvalue weighted by Gasteiger charge is 2.30. The molecule has 0 atom stereocenters. The summed E-state index contributed by atoms with van der Waals surface area (Å²) in [5.74, 6) is -0.254. The minimum Gasteiger partial charge on any atom is -0.363 e. The summed E-state index contributed by atoms with van der Waals surface area (Å²) >= 11 is 0. The Bertz CT molecular complexity index is 851. The van der Waals surface area contributed by atoms with Crippen LogP contribution in [0.4, 0.5) is 5.69 Å². The van der Waals surface area contributed by atoms with Crippen molar-refractivity contribution in [3.05, 3.63) is 41.0 Å². The van der Waals surface area contributed by atoms with Gasteiger partial charge in [-0.25, -0.2) is 0 Å². The Hall–Kier alpha value is -2.54. The highest BCUT2D eigenvalue weighted by Crippen LogP contribution is 2.39. The highest BCUT2D eigenvalue weighted by molar-refractivity contribution is 6.02. The molecule has 1 amide bonds. The molecular formula is C24H31N3O. The molecule has 0 spiro atoms. The van der Waals surface area contributed by atoms with Gasteiger partial charge in [0.15, 0.2) is 0 Å². The van der Waals surface area contributed by atoms with Crippen molar-refractivity contribution in [2.45, 2.75) is 71.4 Å². The summed E-state index contributed by atoms with van der Waals surface area (Å²) < 4.78 is 0. The monoisotopic (exact) mass is 377 g/mol. The summed E-state index contributed by atoms with van der Waals surface area (Å²) in [7, 11) is 0. The van der Waals surface area contributed by atoms with E-state index in [4.69, 9.17) is 0 Å². The van der Waals surface area contributed by atoms with Crippen LogP contribution in [-0.2, 0) is 4.79 Å². The maximum atomic E-state index is 12.6. The molecule has 0 radical (unpaired) electrons. The Balaban J connectivity index is 1.86. The standard InChI is InChI=1S/C24H31N3O/c1-5-27-22-12-11-18(14-21(22)17(2)15-24(27,3)4)13-19(16-25)23(28)26-20-9-7-6-8-10-20/h11-15,20H,5-10H2,1-4H3,(H,26,28)/b19-13-. The van der Waals surface area contributed by atoms with Crippen LogP contribution in [0.25, 0.3) is 11.6 Å². The summed E-state index contributed by atoms with van der Waals surface area (Å²) in [5, 5.41) is 12.6. The van der Waals surface area contributed by atoms with Gasteiger partial charge in [-0.3, -0.25) is 4.79 Å². The molecule has 0 unspecified atom stereocenters. The van der Waals surface area contributed by atoms with Crippen molar-refractivity contribution >= 4 is 23.2 Å². The van der Waals surface area contributed by atoms with Crippen LogP contribution in [0, 0.1) is 11.3 Å². The molecular weight excluding hydrogens is 346 g/mol. The van der Waals surface area contributed by atoms with Crippen LogP contribution in [-0.4, -0.2) is 24.0 Å². The third-order valence-corrected chi connectivity index (χ3v) is 5.93. The van der Waals surface area contributed by atoms with Crippen molar-refractivity contribution < 1.29 is 4.79 Å². The molecule has 1 N–H and O–H groups in total. The maximum absolute atomic E-state index is 12.6. The van der Waals surface area contributed by atoms with Crippen LogP contribution in [0.1, 0.15) is 70.9 Å². The number of likely N-dealkylation sites (N-methyl/N-ethyl adjacent to an activating group) is 1. The van der Waals surface area contributed by atoms with Crippen LogP contribution >= 0.6 is 0 Å². The Kier molecular flexibility index (Phi) is 5.93. The Morgan fingerprint density at radius 1 is 1.32 bits per heavy atom. The van der Waals surface area contributed by atoms with E-state index < -0.39 is 0 Å². The lowest BCUT2D eigenvalue weighted by Crippen LogP contribution is -2.44. The SMILES string of the molecule is CCN1c2ccc(/C=C(/C#N)C(=O)NC3CCCCC3)cc2C(C)=CC1(C)C. The Labute approximate surface area is 168 Å². The molecule has 4 heteroatoms. The van der Waals surface area contributed by atoms with Crippen molar-refractivity contribution in [3.8, 4) is 6.07 Å². The van der Waals surface area contributed by atoms with Crippen LogP contribution in [0.5, 0.6) is 0 Å². The number of nitrogens with zero attached hydrogens (tertiary/aromatic N) is 2. The predicted octanol–water partition coefficient (Wildman–Crippen LogP) is 5.06. The zero-order valence-electron chi connectivity index (χ0n) is 17.5. The third-order valence-electron chi connectivity index (χ3n) is 5.93. The fourth-order valence-corrected chi connectivity index (χ4v) is 4.59. The largest absolute Gasteiger partial charge is 0.363 e. The van der Waals surface area contributed by atoms with E-state index in [1.54, 1.807) is 6.08 Å². The van der Waals surface area contributed by atoms with Gasteiger partial charge in [0.25, 0.3) is 5.91 Å². The normalized spacial score (nSPS) is 19.5. The highest BCUT2D eigenvalue weighted by atomic mass is 16.1. The predicted molar refractivity (Wildman–Crippen MR) is 116 cm³/mol. The number of benzene rings is 1. The molecule has 1 aromatic carbocycles. The van der Waals surface area contributed by atoms with Crippen molar-refractivity contribution in [1.29, 1.82) is 5.26 Å². The summed E-state index contributed by atoms with van der Waals surface area (Å²) in [4.78, 5) is 14.9. The first-order valence-electron chi connectivity index (χ1n) is 10.4. The Morgan fingerprint density at radius 2 is 2.04 bits per heavy atom. The minimum atomic E-state index is -0.254. The van der Waals surface area contributed by atoms with Gasteiger partial charge < -0.3 is 10.2 Å². The van der Waals surface area contributed by atoms with Crippen molar-refractivity contribution in [2.24, 2.45) is 0 Å². The molecule has 148 valence electrons. The lowest BCUT2D eigenvalue weighted by molar-refractivity contribution is -0.117. The topological polar surface area (TPSA) is 56.1 Å². The van der Waals surface area contributed by atoms with Gasteiger partial charge in [-0.05, 0) is 69.9 Å². The molecule has 0 bridgehead atoms. The second kappa shape index (κ2) is 8.22. The number of nitrogens with one attached hydrogen (secondary N) is 1. The molecule has 0 saturated heterocycles. The first kappa shape index (κ1) is 20.2. The first-order chi connectivity index (χ1) is 13.4. The van der Waals surface area contributed by atoms with Crippen LogP contribution < -0.4 is 10.2 Å². The van der Waals surface area contributed by atoms with Gasteiger partial charge in [-0.15, -0.1) is 0 Å². The lowest BCUT2D eigenvalue weighted by Gasteiger charge is -2.42. The molecule has 3 rings (SSSR count). The van der Waals surface area contributed by atoms with Gasteiger partial charge in [0.2, 0.25) is 0 Å². The van der Waals surface area contributed by atoms with Gasteiger partial charge in [-0.1, -0.05) is 31.4 Å². The number of carbonyl (C=O) groups excluding carboxylic acids is 1. The number of hydrogen-bond donors (Lipinski definition) is 1. The third kappa shape index (κ3) is 4.14. The average molecular weight is 378 g/mol. The zero-order valence-corrected chi connectivity index (χ0v) is 17.5. The molecule has 4 nitrogen and oxygen atoms in total. The van der Waals surface area contributed by atoms with E-state index in [1.165, 1.54) is 23.2 Å². The summed E-state index contributed by atoms with van der Waals surface area (Å²) in [6, 6.07) is 8.49. The summed E-state index contributed by atoms with van der Waals surface area (Å²) in [6.45, 7) is 9.66. The van der Waals surface area contributed by atoms with E-state index in [0.717, 1.165) is 37.8 Å². The number of fused-ring (bicyclic) bond motifs is 1. The first-order valence-corrected chi connectivity index (χ1v) is 10.4. The summed E-state index contributed by atoms with van der Waals surface area (Å²) in [6.07, 6.45) is 9.55. The number of nitriles is 1. The molecule has 1 aromatic rings. The minimum absolute atomic E-state index is 0.0269. The molecule has 1 fully saturated rings. The number of hydrogen-bond acceptors (Lipinski definition) is 3. The van der Waals surface area contributed by atoms with Crippen molar-refractivity contribution in [2.75, 3.05) is 11.4 Å². The fraction of sp³-hybridized carbons (Fsp3) is 0.500. The van der Waals surface area contributed by atoms with E-state index in [1.807, 2.05) is 6.07 Å². The average Bonchev–Trinajstić information content (AvgIpc) is 2.66. The zero-order chi connectivity index (χ0) is 20.3. The number of anilines is 1. The second-order valence-corrected chi connectivity index (χ2v) is 8.48. The molecule has 0 aromatic heterocycles. The van der Waals surface area contributed by atoms with Gasteiger partial charge in [-0.2, -0.15) is 5.26 Å². The quantitative estimate of drug-likeness (QED) is 0.589. The number of allylic oxidation sites excluding steroid dienone is 1. The molecule has 1 saturated carbocycles. The lowest BCUT2D eigenvalue weighted by atomic mass is 9.88. The smallest absolute Gasteiger partial charge is 0.262 e. The number of carbonyl (C=O) groups is 1. The fourth-order valence-electron chi connectivity index (χ4n) is 4.59. The van der Waals surface area contributed by atoms with Gasteiger partial charge in [0, 0.05) is 23.8 Å². The Morgan fingerprint density at radius 3 is 2.68 bits per heavy atom. The molecule has 28 heavy (non-hydrogen) atoms. The van der Waals surface area contributed by atoms with E-state index in [2.05, 4.69) is 62.2 Å². The van der Waals surface area contributed by atoms with E-state index in [0.29, 0.717) is 0 Å². The van der Waals surface area contributed by atoms with E-state index in [9.17, 15) is 10.1 Å². The van der Waals surface area contributed by atoms with E-state index >= 15 is 0 Å². The van der Waals surface area contributed by atoms with Gasteiger partial charge in [0.05, 0.1) is 5.54 Å². The van der Waals surface area contributed by atoms with Crippen LogP contribution in [0.15, 0.2) is 29.8 Å². The summed E-state index contributed by atoms with van der Waals surface area (Å²) in [5.41, 5.74) is 4.63. The molecule has 1 aliphatic heterocycles. The molecule has 1 aliphatic carbocycles. The van der Waals surface area contributed by atoms with Crippen molar-refractivity contribution in [1.82, 2.24) is 5.32 Å². The number of rotatable bonds is 4. The van der Waals surface area contributed by atoms with Crippen LogP contribution in [0.2, 0.25) is 0 Å². The molecule has 2 aliphatic rings. The van der Waals surface area contributed by atoms with Crippen molar-refractivity contribution in [3.63, 3.8) is 0 Å². The number of amides is 1. The van der Waals surface area contributed by atoms with Gasteiger partial charge in [0.1, 0.15) is 11.6 Å².